The Kier molecular flexibility index (Phi) is 5.29. The number of benzene rings is 1. The zero-order chi connectivity index (χ0) is 19.3. The summed E-state index contributed by atoms with van der Waals surface area (Å²) in [7, 11) is 0. The molecule has 0 aliphatic carbocycles. The second kappa shape index (κ2) is 8.18. The first-order chi connectivity index (χ1) is 13.7. The van der Waals surface area contributed by atoms with Crippen molar-refractivity contribution in [2.24, 2.45) is 0 Å². The number of carbonyl (C=O) groups excluding carboxylic acids is 1. The van der Waals surface area contributed by atoms with E-state index in [4.69, 9.17) is 0 Å². The van der Waals surface area contributed by atoms with Crippen molar-refractivity contribution < 1.29 is 9.90 Å². The lowest BCUT2D eigenvalue weighted by molar-refractivity contribution is 0.0954. The summed E-state index contributed by atoms with van der Waals surface area (Å²) >= 11 is 0. The SMILES string of the molecule is O=C(NCCc1cn[nH]c1)c1cccc(-c2nccc(N3CCC(O)C3)n2)c1. The number of rotatable bonds is 6. The smallest absolute Gasteiger partial charge is 0.251 e. The number of H-pyrrole nitrogens is 1. The van der Waals surface area contributed by atoms with Crippen LogP contribution in [0.5, 0.6) is 0 Å². The highest BCUT2D eigenvalue weighted by atomic mass is 16.3. The molecule has 8 heteroatoms. The maximum Gasteiger partial charge on any atom is 0.251 e. The molecule has 1 atom stereocenters. The van der Waals surface area contributed by atoms with Crippen LogP contribution in [-0.4, -0.2) is 56.9 Å². The van der Waals surface area contributed by atoms with E-state index in [1.807, 2.05) is 29.3 Å². The standard InChI is InChI=1S/C20H22N6O2/c27-17-6-9-26(13-17)18-5-8-21-19(25-18)15-2-1-3-16(10-15)20(28)22-7-4-14-11-23-24-12-14/h1-3,5,8,10-12,17,27H,4,6-7,9,13H2,(H,22,28)(H,23,24). The van der Waals surface area contributed by atoms with Crippen molar-refractivity contribution in [3.05, 3.63) is 60.0 Å². The number of carbonyl (C=O) groups is 1. The highest BCUT2D eigenvalue weighted by Gasteiger charge is 2.21. The summed E-state index contributed by atoms with van der Waals surface area (Å²) in [6.45, 7) is 1.89. The minimum absolute atomic E-state index is 0.135. The Bertz CT molecular complexity index is 943. The van der Waals surface area contributed by atoms with Gasteiger partial charge in [-0.25, -0.2) is 9.97 Å². The first-order valence-corrected chi connectivity index (χ1v) is 9.31. The lowest BCUT2D eigenvalue weighted by atomic mass is 10.1. The van der Waals surface area contributed by atoms with E-state index in [2.05, 4.69) is 25.5 Å². The summed E-state index contributed by atoms with van der Waals surface area (Å²) in [5, 5.41) is 19.3. The zero-order valence-corrected chi connectivity index (χ0v) is 15.4. The van der Waals surface area contributed by atoms with Crippen LogP contribution in [0.4, 0.5) is 5.82 Å². The van der Waals surface area contributed by atoms with Crippen LogP contribution in [0.1, 0.15) is 22.3 Å². The maximum atomic E-state index is 12.5. The molecule has 0 saturated carbocycles. The van der Waals surface area contributed by atoms with Crippen LogP contribution < -0.4 is 10.2 Å². The van der Waals surface area contributed by atoms with Gasteiger partial charge < -0.3 is 15.3 Å². The van der Waals surface area contributed by atoms with Crippen LogP contribution >= 0.6 is 0 Å². The average molecular weight is 378 g/mol. The van der Waals surface area contributed by atoms with Crippen LogP contribution in [0.3, 0.4) is 0 Å². The third-order valence-electron chi connectivity index (χ3n) is 4.77. The number of nitrogens with one attached hydrogen (secondary N) is 2. The van der Waals surface area contributed by atoms with Crippen molar-refractivity contribution in [2.45, 2.75) is 18.9 Å². The molecule has 0 spiro atoms. The van der Waals surface area contributed by atoms with Crippen LogP contribution in [0.15, 0.2) is 48.9 Å². The van der Waals surface area contributed by atoms with Crippen LogP contribution in [0.2, 0.25) is 0 Å². The first-order valence-electron chi connectivity index (χ1n) is 9.31. The van der Waals surface area contributed by atoms with Gasteiger partial charge in [0.2, 0.25) is 0 Å². The van der Waals surface area contributed by atoms with Crippen molar-refractivity contribution in [3.63, 3.8) is 0 Å². The second-order valence-corrected chi connectivity index (χ2v) is 6.82. The van der Waals surface area contributed by atoms with E-state index in [0.717, 1.165) is 36.3 Å². The Morgan fingerprint density at radius 3 is 3.07 bits per heavy atom. The summed E-state index contributed by atoms with van der Waals surface area (Å²) in [6, 6.07) is 9.13. The van der Waals surface area contributed by atoms with Gasteiger partial charge in [0.05, 0.1) is 12.3 Å². The summed E-state index contributed by atoms with van der Waals surface area (Å²) < 4.78 is 0. The molecule has 1 aromatic carbocycles. The van der Waals surface area contributed by atoms with Crippen molar-refractivity contribution in [2.75, 3.05) is 24.5 Å². The second-order valence-electron chi connectivity index (χ2n) is 6.82. The monoisotopic (exact) mass is 378 g/mol. The predicted octanol–water partition coefficient (Wildman–Crippen LogP) is 1.41. The summed E-state index contributed by atoms with van der Waals surface area (Å²) in [5.74, 6) is 1.22. The molecule has 1 amide bonds. The number of aliphatic hydroxyl groups is 1. The predicted molar refractivity (Wildman–Crippen MR) is 105 cm³/mol. The number of hydrogen-bond acceptors (Lipinski definition) is 6. The van der Waals surface area contributed by atoms with E-state index < -0.39 is 0 Å². The Labute approximate surface area is 162 Å². The molecule has 28 heavy (non-hydrogen) atoms. The molecule has 0 bridgehead atoms. The number of nitrogens with zero attached hydrogens (tertiary/aromatic N) is 4. The fourth-order valence-corrected chi connectivity index (χ4v) is 3.25. The molecule has 2 aromatic heterocycles. The molecule has 1 aliphatic rings. The van der Waals surface area contributed by atoms with Crippen LogP contribution in [-0.2, 0) is 6.42 Å². The quantitative estimate of drug-likeness (QED) is 0.599. The van der Waals surface area contributed by atoms with Gasteiger partial charge in [0.25, 0.3) is 5.91 Å². The number of aromatic nitrogens is 4. The van der Waals surface area contributed by atoms with E-state index in [1.54, 1.807) is 24.5 Å². The molecule has 1 aliphatic heterocycles. The summed E-state index contributed by atoms with van der Waals surface area (Å²) in [6.07, 6.45) is 6.42. The van der Waals surface area contributed by atoms with Gasteiger partial charge >= 0.3 is 0 Å². The first kappa shape index (κ1) is 18.1. The van der Waals surface area contributed by atoms with Gasteiger partial charge in [-0.15, -0.1) is 0 Å². The number of hydrogen-bond donors (Lipinski definition) is 3. The van der Waals surface area contributed by atoms with Crippen molar-refractivity contribution >= 4 is 11.7 Å². The van der Waals surface area contributed by atoms with Crippen LogP contribution in [0.25, 0.3) is 11.4 Å². The van der Waals surface area contributed by atoms with E-state index >= 15 is 0 Å². The Morgan fingerprint density at radius 1 is 1.36 bits per heavy atom. The van der Waals surface area contributed by atoms with Gasteiger partial charge in [0.1, 0.15) is 5.82 Å². The van der Waals surface area contributed by atoms with Crippen molar-refractivity contribution in [1.82, 2.24) is 25.5 Å². The van der Waals surface area contributed by atoms with Crippen molar-refractivity contribution in [3.8, 4) is 11.4 Å². The van der Waals surface area contributed by atoms with Gasteiger partial charge in [-0.2, -0.15) is 5.10 Å². The number of aromatic amines is 1. The number of amides is 1. The number of aliphatic hydroxyl groups excluding tert-OH is 1. The van der Waals surface area contributed by atoms with Gasteiger partial charge in [-0.3, -0.25) is 9.89 Å². The Morgan fingerprint density at radius 2 is 2.29 bits per heavy atom. The van der Waals surface area contributed by atoms with Gasteiger partial charge in [0.15, 0.2) is 5.82 Å². The van der Waals surface area contributed by atoms with E-state index in [-0.39, 0.29) is 12.0 Å². The zero-order valence-electron chi connectivity index (χ0n) is 15.4. The molecule has 8 nitrogen and oxygen atoms in total. The molecule has 1 saturated heterocycles. The maximum absolute atomic E-state index is 12.5. The molecular weight excluding hydrogens is 356 g/mol. The van der Waals surface area contributed by atoms with E-state index in [1.165, 1.54) is 0 Å². The lowest BCUT2D eigenvalue weighted by Crippen LogP contribution is -2.25. The van der Waals surface area contributed by atoms with Gasteiger partial charge in [-0.05, 0) is 36.6 Å². The molecule has 1 fully saturated rings. The fourth-order valence-electron chi connectivity index (χ4n) is 3.25. The summed E-state index contributed by atoms with van der Waals surface area (Å²) in [5.41, 5.74) is 2.39. The molecule has 3 heterocycles. The van der Waals surface area contributed by atoms with Gasteiger partial charge in [-0.1, -0.05) is 12.1 Å². The molecule has 144 valence electrons. The molecular formula is C20H22N6O2. The minimum atomic E-state index is -0.313. The number of anilines is 1. The fraction of sp³-hybridized carbons (Fsp3) is 0.300. The molecule has 0 radical (unpaired) electrons. The average Bonchev–Trinajstić information content (AvgIpc) is 3.40. The van der Waals surface area contributed by atoms with E-state index in [0.29, 0.717) is 24.5 Å². The Balaban J connectivity index is 1.45. The lowest BCUT2D eigenvalue weighted by Gasteiger charge is -2.16. The molecule has 3 N–H and O–H groups in total. The van der Waals surface area contributed by atoms with Crippen LogP contribution in [0, 0.1) is 0 Å². The minimum Gasteiger partial charge on any atom is -0.391 e. The van der Waals surface area contributed by atoms with E-state index in [9.17, 15) is 9.90 Å². The largest absolute Gasteiger partial charge is 0.391 e. The van der Waals surface area contributed by atoms with Gasteiger partial charge in [0, 0.05) is 43.2 Å². The number of β-amino-alcohol motifs (C(OH)–C–C–N with tert-alkyl or cyclic N) is 1. The highest BCUT2D eigenvalue weighted by molar-refractivity contribution is 5.95. The Hall–Kier alpha value is -3.26. The van der Waals surface area contributed by atoms with Crippen molar-refractivity contribution in [1.29, 1.82) is 0 Å². The topological polar surface area (TPSA) is 107 Å². The summed E-state index contributed by atoms with van der Waals surface area (Å²) in [4.78, 5) is 23.5. The third-order valence-corrected chi connectivity index (χ3v) is 4.77. The molecule has 4 rings (SSSR count). The third kappa shape index (κ3) is 4.17. The molecule has 1 unspecified atom stereocenters. The molecule has 3 aromatic rings. The normalized spacial score (nSPS) is 16.3. The highest BCUT2D eigenvalue weighted by Crippen LogP contribution is 2.22.